The highest BCUT2D eigenvalue weighted by atomic mass is 79.9. The Hall–Kier alpha value is 0.140. The highest BCUT2D eigenvalue weighted by Gasteiger charge is 1.99. The first-order chi connectivity index (χ1) is 5.72. The molecule has 12 heavy (non-hydrogen) atoms. The van der Waals surface area contributed by atoms with E-state index in [1.807, 2.05) is 0 Å². The van der Waals surface area contributed by atoms with Crippen LogP contribution in [0.2, 0.25) is 0 Å². The molecule has 0 saturated carbocycles. The van der Waals surface area contributed by atoms with Gasteiger partial charge < -0.3 is 5.32 Å². The van der Waals surface area contributed by atoms with Gasteiger partial charge in [0.15, 0.2) is 0 Å². The minimum Gasteiger partial charge on any atom is -0.309 e. The van der Waals surface area contributed by atoms with Crippen molar-refractivity contribution < 1.29 is 0 Å². The van der Waals surface area contributed by atoms with Gasteiger partial charge in [-0.1, -0.05) is 6.92 Å². The molecule has 0 spiro atoms. The second-order valence-corrected chi connectivity index (χ2v) is 5.44. The van der Waals surface area contributed by atoms with Gasteiger partial charge in [0.05, 0.1) is 3.79 Å². The molecule has 0 aliphatic rings. The Morgan fingerprint density at radius 3 is 2.83 bits per heavy atom. The van der Waals surface area contributed by atoms with Crippen LogP contribution in [0.25, 0.3) is 0 Å². The van der Waals surface area contributed by atoms with Crippen molar-refractivity contribution in [2.24, 2.45) is 0 Å². The van der Waals surface area contributed by atoms with Crippen LogP contribution in [-0.2, 0) is 6.54 Å². The highest BCUT2D eigenvalue weighted by molar-refractivity contribution is 9.11. The quantitative estimate of drug-likeness (QED) is 0.861. The Bertz CT molecular complexity index is 234. The summed E-state index contributed by atoms with van der Waals surface area (Å²) in [6.07, 6.45) is 1.19. The monoisotopic (exact) mass is 247 g/mol. The predicted molar refractivity (Wildman–Crippen MR) is 58.6 cm³/mol. The summed E-state index contributed by atoms with van der Waals surface area (Å²) in [6.45, 7) is 5.40. The smallest absolute Gasteiger partial charge is 0.0701 e. The number of nitrogens with one attached hydrogen (secondary N) is 1. The Morgan fingerprint density at radius 2 is 2.33 bits per heavy atom. The molecule has 1 aromatic heterocycles. The zero-order valence-electron chi connectivity index (χ0n) is 7.43. The van der Waals surface area contributed by atoms with Crippen LogP contribution in [0.1, 0.15) is 25.1 Å². The number of rotatable bonds is 4. The van der Waals surface area contributed by atoms with Crippen LogP contribution in [0, 0.1) is 0 Å². The van der Waals surface area contributed by atoms with Crippen molar-refractivity contribution in [3.05, 3.63) is 20.8 Å². The Labute approximate surface area is 86.3 Å². The molecule has 0 aliphatic carbocycles. The Kier molecular flexibility index (Phi) is 4.26. The first-order valence-corrected chi connectivity index (χ1v) is 5.81. The minimum absolute atomic E-state index is 0.617. The average Bonchev–Trinajstić information content (AvgIpc) is 2.47. The molecule has 1 rings (SSSR count). The zero-order chi connectivity index (χ0) is 8.97. The summed E-state index contributed by atoms with van der Waals surface area (Å²) in [5.41, 5.74) is 0. The van der Waals surface area contributed by atoms with E-state index in [-0.39, 0.29) is 0 Å². The maximum absolute atomic E-state index is 3.45. The van der Waals surface area contributed by atoms with Gasteiger partial charge in [0.25, 0.3) is 0 Å². The van der Waals surface area contributed by atoms with Crippen LogP contribution >= 0.6 is 27.3 Å². The summed E-state index contributed by atoms with van der Waals surface area (Å²) in [7, 11) is 0. The van der Waals surface area contributed by atoms with Crippen LogP contribution in [0.5, 0.6) is 0 Å². The lowest BCUT2D eigenvalue weighted by atomic mass is 10.2. The van der Waals surface area contributed by atoms with E-state index in [1.54, 1.807) is 11.3 Å². The number of hydrogen-bond donors (Lipinski definition) is 1. The van der Waals surface area contributed by atoms with E-state index in [0.29, 0.717) is 6.04 Å². The zero-order valence-corrected chi connectivity index (χ0v) is 9.83. The van der Waals surface area contributed by atoms with Crippen molar-refractivity contribution in [1.82, 2.24) is 5.32 Å². The summed E-state index contributed by atoms with van der Waals surface area (Å²) in [5.74, 6) is 0. The molecular weight excluding hydrogens is 234 g/mol. The molecule has 1 unspecified atom stereocenters. The third-order valence-electron chi connectivity index (χ3n) is 1.87. The summed E-state index contributed by atoms with van der Waals surface area (Å²) in [4.78, 5) is 1.39. The fraction of sp³-hybridized carbons (Fsp3) is 0.556. The van der Waals surface area contributed by atoms with Crippen LogP contribution < -0.4 is 5.32 Å². The molecule has 1 aromatic rings. The van der Waals surface area contributed by atoms with Crippen LogP contribution in [0.4, 0.5) is 0 Å². The molecule has 0 aliphatic heterocycles. The fourth-order valence-corrected chi connectivity index (χ4v) is 2.30. The van der Waals surface area contributed by atoms with E-state index < -0.39 is 0 Å². The molecule has 0 bridgehead atoms. The second-order valence-electron chi connectivity index (χ2n) is 2.90. The topological polar surface area (TPSA) is 12.0 Å². The summed E-state index contributed by atoms with van der Waals surface area (Å²) >= 11 is 5.24. The van der Waals surface area contributed by atoms with Crippen molar-refractivity contribution in [1.29, 1.82) is 0 Å². The first kappa shape index (κ1) is 10.2. The molecule has 68 valence electrons. The molecule has 1 heterocycles. The van der Waals surface area contributed by atoms with Crippen molar-refractivity contribution in [2.75, 3.05) is 0 Å². The number of halogens is 1. The van der Waals surface area contributed by atoms with Gasteiger partial charge in [0, 0.05) is 17.5 Å². The van der Waals surface area contributed by atoms with Gasteiger partial charge in [-0.2, -0.15) is 0 Å². The molecule has 0 fully saturated rings. The van der Waals surface area contributed by atoms with E-state index in [9.17, 15) is 0 Å². The second kappa shape index (κ2) is 5.00. The van der Waals surface area contributed by atoms with E-state index in [0.717, 1.165) is 6.54 Å². The van der Waals surface area contributed by atoms with Crippen LogP contribution in [0.15, 0.2) is 15.9 Å². The van der Waals surface area contributed by atoms with Crippen molar-refractivity contribution in [2.45, 2.75) is 32.9 Å². The maximum Gasteiger partial charge on any atom is 0.0701 e. The van der Waals surface area contributed by atoms with E-state index >= 15 is 0 Å². The molecule has 0 radical (unpaired) electrons. The molecule has 1 N–H and O–H groups in total. The number of thiophene rings is 1. The normalized spacial score (nSPS) is 13.2. The molecular formula is C9H14BrNS. The van der Waals surface area contributed by atoms with Gasteiger partial charge in [0.1, 0.15) is 0 Å². The SMILES string of the molecule is CCC(C)NCc1ccc(Br)s1. The lowest BCUT2D eigenvalue weighted by molar-refractivity contribution is 0.537. The van der Waals surface area contributed by atoms with E-state index in [2.05, 4.69) is 47.2 Å². The lowest BCUT2D eigenvalue weighted by Gasteiger charge is -2.09. The molecule has 0 saturated heterocycles. The van der Waals surface area contributed by atoms with Crippen molar-refractivity contribution in [3.63, 3.8) is 0 Å². The molecule has 0 amide bonds. The van der Waals surface area contributed by atoms with Gasteiger partial charge in [-0.25, -0.2) is 0 Å². The standard InChI is InChI=1S/C9H14BrNS/c1-3-7(2)11-6-8-4-5-9(10)12-8/h4-5,7,11H,3,6H2,1-2H3. The summed E-state index contributed by atoms with van der Waals surface area (Å²) in [6, 6.07) is 4.87. The van der Waals surface area contributed by atoms with Crippen molar-refractivity contribution >= 4 is 27.3 Å². The van der Waals surface area contributed by atoms with Gasteiger partial charge in [-0.3, -0.25) is 0 Å². The van der Waals surface area contributed by atoms with Crippen LogP contribution in [0.3, 0.4) is 0 Å². The molecule has 3 heteroatoms. The summed E-state index contributed by atoms with van der Waals surface area (Å²) < 4.78 is 1.21. The highest BCUT2D eigenvalue weighted by Crippen LogP contribution is 2.21. The van der Waals surface area contributed by atoms with Crippen LogP contribution in [-0.4, -0.2) is 6.04 Å². The minimum atomic E-state index is 0.617. The third kappa shape index (κ3) is 3.25. The van der Waals surface area contributed by atoms with Gasteiger partial charge in [-0.05, 0) is 41.4 Å². The number of hydrogen-bond acceptors (Lipinski definition) is 2. The largest absolute Gasteiger partial charge is 0.309 e. The molecule has 0 aromatic carbocycles. The van der Waals surface area contributed by atoms with E-state index in [1.165, 1.54) is 15.1 Å². The van der Waals surface area contributed by atoms with E-state index in [4.69, 9.17) is 0 Å². The Morgan fingerprint density at radius 1 is 1.58 bits per heavy atom. The van der Waals surface area contributed by atoms with Gasteiger partial charge in [-0.15, -0.1) is 11.3 Å². The van der Waals surface area contributed by atoms with Gasteiger partial charge in [0.2, 0.25) is 0 Å². The average molecular weight is 248 g/mol. The maximum atomic E-state index is 3.45. The Balaban J connectivity index is 2.33. The summed E-state index contributed by atoms with van der Waals surface area (Å²) in [5, 5.41) is 3.45. The first-order valence-electron chi connectivity index (χ1n) is 4.20. The molecule has 1 atom stereocenters. The van der Waals surface area contributed by atoms with Gasteiger partial charge >= 0.3 is 0 Å². The third-order valence-corrected chi connectivity index (χ3v) is 3.49. The fourth-order valence-electron chi connectivity index (χ4n) is 0.866. The predicted octanol–water partition coefficient (Wildman–Crippen LogP) is 3.40. The lowest BCUT2D eigenvalue weighted by Crippen LogP contribution is -2.23. The molecule has 1 nitrogen and oxygen atoms in total. The van der Waals surface area contributed by atoms with Crippen molar-refractivity contribution in [3.8, 4) is 0 Å².